The summed E-state index contributed by atoms with van der Waals surface area (Å²) in [4.78, 5) is 0. The lowest BCUT2D eigenvalue weighted by molar-refractivity contribution is 0.00578. The Morgan fingerprint density at radius 3 is 2.26 bits per heavy atom. The average molecular weight is 266 g/mol. The summed E-state index contributed by atoms with van der Waals surface area (Å²) >= 11 is 0. The third kappa shape index (κ3) is 3.36. The Kier molecular flexibility index (Phi) is 4.67. The molecule has 1 saturated heterocycles. The first-order valence-electron chi connectivity index (χ1n) is 8.21. The molecule has 1 aliphatic heterocycles. The van der Waals surface area contributed by atoms with Gasteiger partial charge in [0.1, 0.15) is 0 Å². The van der Waals surface area contributed by atoms with Crippen LogP contribution < -0.4 is 0 Å². The van der Waals surface area contributed by atoms with Gasteiger partial charge in [-0.2, -0.15) is 0 Å². The van der Waals surface area contributed by atoms with Crippen LogP contribution in [0.3, 0.4) is 0 Å². The first-order chi connectivity index (χ1) is 8.86. The van der Waals surface area contributed by atoms with Crippen LogP contribution in [0.25, 0.3) is 0 Å². The first-order valence-corrected chi connectivity index (χ1v) is 8.21. The molecule has 3 heteroatoms. The summed E-state index contributed by atoms with van der Waals surface area (Å²) in [5, 5.41) is 0. The van der Waals surface area contributed by atoms with Crippen LogP contribution in [0.15, 0.2) is 0 Å². The molecule has 0 amide bonds. The third-order valence-corrected chi connectivity index (χ3v) is 5.45. The minimum Gasteiger partial charge on any atom is -0.403 e. The zero-order valence-corrected chi connectivity index (χ0v) is 13.5. The zero-order valence-electron chi connectivity index (χ0n) is 13.5. The van der Waals surface area contributed by atoms with Crippen molar-refractivity contribution in [2.45, 2.75) is 96.6 Å². The summed E-state index contributed by atoms with van der Waals surface area (Å²) in [6, 6.07) is 0. The molecule has 1 saturated carbocycles. The number of unbranched alkanes of at least 4 members (excludes halogenated alkanes) is 1. The number of rotatable bonds is 4. The molecule has 2 rings (SSSR count). The molecule has 19 heavy (non-hydrogen) atoms. The molecule has 2 nitrogen and oxygen atoms in total. The molecule has 2 fully saturated rings. The van der Waals surface area contributed by atoms with Crippen molar-refractivity contribution < 1.29 is 9.31 Å². The minimum absolute atomic E-state index is 0.0226. The lowest BCUT2D eigenvalue weighted by Crippen LogP contribution is -2.41. The van der Waals surface area contributed by atoms with E-state index in [2.05, 4.69) is 34.6 Å². The fraction of sp³-hybridized carbons (Fsp3) is 1.00. The molecule has 0 aromatic heterocycles. The van der Waals surface area contributed by atoms with Crippen LogP contribution in [0.2, 0.25) is 5.82 Å². The van der Waals surface area contributed by atoms with E-state index in [1.807, 2.05) is 0 Å². The van der Waals surface area contributed by atoms with Crippen LogP contribution in [-0.2, 0) is 9.31 Å². The molecule has 1 heterocycles. The molecular formula is C16H31BO2. The molecular weight excluding hydrogens is 235 g/mol. The summed E-state index contributed by atoms with van der Waals surface area (Å²) in [5.41, 5.74) is -0.345. The summed E-state index contributed by atoms with van der Waals surface area (Å²) < 4.78 is 12.5. The molecule has 0 N–H and O–H groups in total. The second-order valence-corrected chi connectivity index (χ2v) is 7.56. The van der Waals surface area contributed by atoms with Crippen molar-refractivity contribution in [1.82, 2.24) is 0 Å². The quantitative estimate of drug-likeness (QED) is 0.678. The van der Waals surface area contributed by atoms with Crippen molar-refractivity contribution in [3.05, 3.63) is 0 Å². The molecule has 2 unspecified atom stereocenters. The summed E-state index contributed by atoms with van der Waals surface area (Å²) in [7, 11) is 0.0226. The molecule has 0 aromatic carbocycles. The van der Waals surface area contributed by atoms with E-state index in [9.17, 15) is 0 Å². The van der Waals surface area contributed by atoms with Crippen molar-refractivity contribution in [1.29, 1.82) is 0 Å². The predicted molar refractivity (Wildman–Crippen MR) is 81.3 cm³/mol. The van der Waals surface area contributed by atoms with Gasteiger partial charge in [-0.05, 0) is 45.9 Å². The van der Waals surface area contributed by atoms with E-state index in [0.717, 1.165) is 5.92 Å². The van der Waals surface area contributed by atoms with Gasteiger partial charge in [0.2, 0.25) is 0 Å². The van der Waals surface area contributed by atoms with Gasteiger partial charge in [0.15, 0.2) is 0 Å². The highest BCUT2D eigenvalue weighted by Gasteiger charge is 2.53. The van der Waals surface area contributed by atoms with Crippen LogP contribution >= 0.6 is 0 Å². The second-order valence-electron chi connectivity index (χ2n) is 7.56. The molecule has 0 spiro atoms. The Morgan fingerprint density at radius 1 is 1.05 bits per heavy atom. The molecule has 1 aliphatic carbocycles. The van der Waals surface area contributed by atoms with E-state index in [4.69, 9.17) is 9.31 Å². The van der Waals surface area contributed by atoms with Crippen LogP contribution in [0, 0.1) is 5.92 Å². The van der Waals surface area contributed by atoms with Gasteiger partial charge in [0.25, 0.3) is 0 Å². The Balaban J connectivity index is 1.92. The normalized spacial score (nSPS) is 33.6. The Hall–Kier alpha value is -0.0151. The van der Waals surface area contributed by atoms with Crippen molar-refractivity contribution in [3.8, 4) is 0 Å². The van der Waals surface area contributed by atoms with Gasteiger partial charge < -0.3 is 9.31 Å². The highest BCUT2D eigenvalue weighted by molar-refractivity contribution is 6.47. The van der Waals surface area contributed by atoms with E-state index in [1.165, 1.54) is 44.9 Å². The minimum atomic E-state index is -0.173. The van der Waals surface area contributed by atoms with Gasteiger partial charge in [0, 0.05) is 0 Å². The topological polar surface area (TPSA) is 18.5 Å². The monoisotopic (exact) mass is 266 g/mol. The fourth-order valence-corrected chi connectivity index (χ4v) is 3.42. The fourth-order valence-electron chi connectivity index (χ4n) is 3.42. The predicted octanol–water partition coefficient (Wildman–Crippen LogP) is 4.83. The summed E-state index contributed by atoms with van der Waals surface area (Å²) in [6.07, 6.45) is 9.43. The molecule has 2 aliphatic rings. The standard InChI is InChI=1S/C16H31BO2/c1-6-7-9-13-10-8-11-14(12-13)17-18-15(2,3)16(4,5)19-17/h13-14H,6-12H2,1-5H3. The van der Waals surface area contributed by atoms with Crippen molar-refractivity contribution >= 4 is 7.12 Å². The lowest BCUT2D eigenvalue weighted by atomic mass is 9.61. The number of hydrogen-bond donors (Lipinski definition) is 0. The number of hydrogen-bond acceptors (Lipinski definition) is 2. The SMILES string of the molecule is CCCCC1CCCC(B2OC(C)(C)C(C)(C)O2)C1. The van der Waals surface area contributed by atoms with Crippen LogP contribution in [0.4, 0.5) is 0 Å². The Morgan fingerprint density at radius 2 is 1.68 bits per heavy atom. The highest BCUT2D eigenvalue weighted by Crippen LogP contribution is 2.45. The van der Waals surface area contributed by atoms with Crippen molar-refractivity contribution in [2.75, 3.05) is 0 Å². The maximum atomic E-state index is 6.23. The van der Waals surface area contributed by atoms with E-state index >= 15 is 0 Å². The van der Waals surface area contributed by atoms with Crippen LogP contribution in [-0.4, -0.2) is 18.3 Å². The molecule has 110 valence electrons. The van der Waals surface area contributed by atoms with E-state index in [1.54, 1.807) is 0 Å². The van der Waals surface area contributed by atoms with Crippen molar-refractivity contribution in [2.24, 2.45) is 5.92 Å². The summed E-state index contributed by atoms with van der Waals surface area (Å²) in [5.74, 6) is 1.51. The Labute approximate surface area is 119 Å². The van der Waals surface area contributed by atoms with Crippen molar-refractivity contribution in [3.63, 3.8) is 0 Å². The maximum Gasteiger partial charge on any atom is 0.461 e. The Bertz CT molecular complexity index is 285. The van der Waals surface area contributed by atoms with Gasteiger partial charge in [-0.15, -0.1) is 0 Å². The lowest BCUT2D eigenvalue weighted by Gasteiger charge is -2.32. The van der Waals surface area contributed by atoms with E-state index in [0.29, 0.717) is 5.82 Å². The van der Waals surface area contributed by atoms with Gasteiger partial charge in [-0.25, -0.2) is 0 Å². The molecule has 0 radical (unpaired) electrons. The van der Waals surface area contributed by atoms with Crippen LogP contribution in [0.1, 0.15) is 79.6 Å². The zero-order chi connectivity index (χ0) is 14.1. The second kappa shape index (κ2) is 5.77. The largest absolute Gasteiger partial charge is 0.461 e. The van der Waals surface area contributed by atoms with Gasteiger partial charge in [0.05, 0.1) is 11.2 Å². The van der Waals surface area contributed by atoms with Gasteiger partial charge >= 0.3 is 7.12 Å². The summed E-state index contributed by atoms with van der Waals surface area (Å²) in [6.45, 7) is 10.9. The van der Waals surface area contributed by atoms with Crippen LogP contribution in [0.5, 0.6) is 0 Å². The average Bonchev–Trinajstić information content (AvgIpc) is 2.56. The smallest absolute Gasteiger partial charge is 0.403 e. The van der Waals surface area contributed by atoms with E-state index < -0.39 is 0 Å². The van der Waals surface area contributed by atoms with Gasteiger partial charge in [-0.3, -0.25) is 0 Å². The highest BCUT2D eigenvalue weighted by atomic mass is 16.7. The maximum absolute atomic E-state index is 6.23. The third-order valence-electron chi connectivity index (χ3n) is 5.45. The first kappa shape index (κ1) is 15.4. The molecule has 0 bridgehead atoms. The molecule has 0 aromatic rings. The van der Waals surface area contributed by atoms with Gasteiger partial charge in [-0.1, -0.05) is 45.4 Å². The van der Waals surface area contributed by atoms with E-state index in [-0.39, 0.29) is 18.3 Å². The molecule has 2 atom stereocenters.